The average Bonchev–Trinajstić information content (AvgIpc) is 2.51. The van der Waals surface area contributed by atoms with Gasteiger partial charge in [0, 0.05) is 12.5 Å². The van der Waals surface area contributed by atoms with Crippen molar-refractivity contribution < 1.29 is 9.59 Å². The van der Waals surface area contributed by atoms with Gasteiger partial charge in [-0.15, -0.1) is 0 Å². The highest BCUT2D eigenvalue weighted by Crippen LogP contribution is 2.21. The summed E-state index contributed by atoms with van der Waals surface area (Å²) >= 11 is 0. The highest BCUT2D eigenvalue weighted by molar-refractivity contribution is 5.90. The molecule has 0 fully saturated rings. The second kappa shape index (κ2) is 8.53. The minimum atomic E-state index is -0.491. The minimum absolute atomic E-state index is 0.111. The van der Waals surface area contributed by atoms with Crippen molar-refractivity contribution in [3.05, 3.63) is 0 Å². The van der Waals surface area contributed by atoms with Gasteiger partial charge in [0.05, 0.1) is 11.1 Å². The first kappa shape index (κ1) is 19.3. The molecular formula is C16H32N2O2. The molecule has 0 spiro atoms. The lowest BCUT2D eigenvalue weighted by atomic mass is 9.81. The molecule has 1 unspecified atom stereocenters. The summed E-state index contributed by atoms with van der Waals surface area (Å²) in [6.07, 6.45) is 4.03. The van der Waals surface area contributed by atoms with Crippen LogP contribution in [-0.2, 0) is 9.59 Å². The lowest BCUT2D eigenvalue weighted by molar-refractivity contribution is -0.129. The molecule has 0 aromatic carbocycles. The molecule has 0 saturated carbocycles. The zero-order valence-electron chi connectivity index (χ0n) is 14.0. The number of carbonyl (C=O) groups is 2. The molecule has 118 valence electrons. The van der Waals surface area contributed by atoms with Gasteiger partial charge in [-0.2, -0.15) is 0 Å². The molecule has 0 saturated heterocycles. The number of ketones is 1. The number of hydrogen-bond acceptors (Lipinski definition) is 4. The zero-order valence-corrected chi connectivity index (χ0v) is 14.0. The van der Waals surface area contributed by atoms with Crippen molar-refractivity contribution in [2.45, 2.75) is 71.4 Å². The normalized spacial score (nSPS) is 14.1. The topological polar surface area (TPSA) is 58.2 Å². The number of likely N-dealkylation sites (N-methyl/N-ethyl adjacent to an activating group) is 1. The second-order valence-corrected chi connectivity index (χ2v) is 5.67. The highest BCUT2D eigenvalue weighted by atomic mass is 16.1. The lowest BCUT2D eigenvalue weighted by Gasteiger charge is -2.34. The van der Waals surface area contributed by atoms with E-state index in [0.717, 1.165) is 32.0 Å². The second-order valence-electron chi connectivity index (χ2n) is 5.67. The number of aldehydes is 1. The van der Waals surface area contributed by atoms with E-state index in [1.807, 2.05) is 41.7 Å². The molecule has 0 aliphatic carbocycles. The van der Waals surface area contributed by atoms with E-state index in [9.17, 15) is 9.59 Å². The molecule has 0 radical (unpaired) electrons. The van der Waals surface area contributed by atoms with Gasteiger partial charge in [-0.1, -0.05) is 34.6 Å². The fraction of sp³-hybridized carbons (Fsp3) is 0.875. The third kappa shape index (κ3) is 4.13. The van der Waals surface area contributed by atoms with Crippen LogP contribution in [-0.4, -0.2) is 36.7 Å². The van der Waals surface area contributed by atoms with E-state index in [1.165, 1.54) is 0 Å². The molecule has 0 bridgehead atoms. The first-order chi connectivity index (χ1) is 9.40. The number of rotatable bonds is 11. The van der Waals surface area contributed by atoms with Crippen LogP contribution >= 0.6 is 0 Å². The third-order valence-electron chi connectivity index (χ3n) is 4.85. The van der Waals surface area contributed by atoms with E-state index in [-0.39, 0.29) is 11.7 Å². The summed E-state index contributed by atoms with van der Waals surface area (Å²) in [6.45, 7) is 10.5. The largest absolute Gasteiger partial charge is 0.308 e. The molecule has 0 aliphatic rings. The van der Waals surface area contributed by atoms with Gasteiger partial charge in [0.25, 0.3) is 0 Å². The van der Waals surface area contributed by atoms with Crippen molar-refractivity contribution in [2.75, 3.05) is 13.6 Å². The van der Waals surface area contributed by atoms with Crippen molar-refractivity contribution in [3.8, 4) is 0 Å². The van der Waals surface area contributed by atoms with Crippen LogP contribution in [0.2, 0.25) is 0 Å². The van der Waals surface area contributed by atoms with Crippen molar-refractivity contribution in [1.82, 2.24) is 10.6 Å². The molecule has 4 nitrogen and oxygen atoms in total. The predicted octanol–water partition coefficient (Wildman–Crippen LogP) is 2.32. The quantitative estimate of drug-likeness (QED) is 0.572. The Morgan fingerprint density at radius 1 is 1.10 bits per heavy atom. The van der Waals surface area contributed by atoms with Crippen molar-refractivity contribution in [3.63, 3.8) is 0 Å². The monoisotopic (exact) mass is 284 g/mol. The van der Waals surface area contributed by atoms with E-state index in [0.29, 0.717) is 6.54 Å². The summed E-state index contributed by atoms with van der Waals surface area (Å²) in [7, 11) is 1.85. The van der Waals surface area contributed by atoms with Gasteiger partial charge >= 0.3 is 0 Å². The van der Waals surface area contributed by atoms with Crippen LogP contribution in [0, 0.1) is 5.92 Å². The Morgan fingerprint density at radius 3 is 1.90 bits per heavy atom. The molecule has 20 heavy (non-hydrogen) atoms. The van der Waals surface area contributed by atoms with Crippen LogP contribution in [0.5, 0.6) is 0 Å². The maximum atomic E-state index is 12.6. The van der Waals surface area contributed by atoms with E-state index < -0.39 is 11.1 Å². The predicted molar refractivity (Wildman–Crippen MR) is 83.9 cm³/mol. The van der Waals surface area contributed by atoms with Crippen LogP contribution in [0.25, 0.3) is 0 Å². The first-order valence-electron chi connectivity index (χ1n) is 7.85. The molecule has 2 N–H and O–H groups in total. The Morgan fingerprint density at radius 2 is 1.60 bits per heavy atom. The maximum Gasteiger partial charge on any atom is 0.156 e. The number of nitrogens with one attached hydrogen (secondary N) is 2. The average molecular weight is 284 g/mol. The van der Waals surface area contributed by atoms with Gasteiger partial charge in [0.1, 0.15) is 6.29 Å². The molecule has 1 atom stereocenters. The first-order valence-corrected chi connectivity index (χ1v) is 7.85. The molecule has 0 heterocycles. The zero-order chi connectivity index (χ0) is 15.8. The maximum absolute atomic E-state index is 12.6. The molecule has 0 rings (SSSR count). The Labute approximate surface area is 124 Å². The molecule has 0 aromatic rings. The minimum Gasteiger partial charge on any atom is -0.308 e. The van der Waals surface area contributed by atoms with Gasteiger partial charge in [-0.3, -0.25) is 4.79 Å². The lowest BCUT2D eigenvalue weighted by Crippen LogP contribution is -2.55. The van der Waals surface area contributed by atoms with Crippen LogP contribution in [0.4, 0.5) is 0 Å². The summed E-state index contributed by atoms with van der Waals surface area (Å²) in [5, 5.41) is 6.48. The fourth-order valence-corrected chi connectivity index (χ4v) is 2.70. The summed E-state index contributed by atoms with van der Waals surface area (Å²) in [4.78, 5) is 23.9. The summed E-state index contributed by atoms with van der Waals surface area (Å²) in [5.41, 5.74) is -0.932. The summed E-state index contributed by atoms with van der Waals surface area (Å²) in [5.74, 6) is 0.115. The number of Topliss-reactive ketones (excluding diaryl/α,β-unsaturated/α-hetero) is 1. The molecule has 0 amide bonds. The van der Waals surface area contributed by atoms with Gasteiger partial charge in [0.15, 0.2) is 5.78 Å². The van der Waals surface area contributed by atoms with Gasteiger partial charge in [-0.05, 0) is 32.7 Å². The SMILES string of the molecule is CCC(C=O)(CC)NCC(C)C(=O)C(CC)(CC)NC. The van der Waals surface area contributed by atoms with E-state index >= 15 is 0 Å². The van der Waals surface area contributed by atoms with Gasteiger partial charge in [0.2, 0.25) is 0 Å². The molecular weight excluding hydrogens is 252 g/mol. The Balaban J connectivity index is 4.80. The molecule has 0 aliphatic heterocycles. The van der Waals surface area contributed by atoms with Crippen LogP contribution in [0.15, 0.2) is 0 Å². The Bertz CT molecular complexity index is 299. The molecule has 4 heteroatoms. The van der Waals surface area contributed by atoms with Crippen molar-refractivity contribution >= 4 is 12.1 Å². The van der Waals surface area contributed by atoms with E-state index in [4.69, 9.17) is 0 Å². The Hall–Kier alpha value is -0.740. The fourth-order valence-electron chi connectivity index (χ4n) is 2.70. The summed E-state index contributed by atoms with van der Waals surface area (Å²) in [6, 6.07) is 0. The standard InChI is InChI=1S/C16H32N2O2/c1-7-15(8-2,12-19)18-11-13(5)14(20)16(9-3,10-4)17-6/h12-13,17-18H,7-11H2,1-6H3. The van der Waals surface area contributed by atoms with Crippen LogP contribution in [0.1, 0.15) is 60.3 Å². The third-order valence-corrected chi connectivity index (χ3v) is 4.85. The Kier molecular flexibility index (Phi) is 8.21. The van der Waals surface area contributed by atoms with Crippen LogP contribution < -0.4 is 10.6 Å². The number of carbonyl (C=O) groups excluding carboxylic acids is 2. The van der Waals surface area contributed by atoms with Crippen LogP contribution in [0.3, 0.4) is 0 Å². The van der Waals surface area contributed by atoms with Crippen molar-refractivity contribution in [2.24, 2.45) is 5.92 Å². The highest BCUT2D eigenvalue weighted by Gasteiger charge is 2.36. The number of hydrogen-bond donors (Lipinski definition) is 2. The molecule has 0 aromatic heterocycles. The van der Waals surface area contributed by atoms with E-state index in [2.05, 4.69) is 10.6 Å². The smallest absolute Gasteiger partial charge is 0.156 e. The van der Waals surface area contributed by atoms with Crippen molar-refractivity contribution in [1.29, 1.82) is 0 Å². The summed E-state index contributed by atoms with van der Waals surface area (Å²) < 4.78 is 0. The van der Waals surface area contributed by atoms with E-state index in [1.54, 1.807) is 0 Å². The van der Waals surface area contributed by atoms with Gasteiger partial charge < -0.3 is 15.4 Å². The van der Waals surface area contributed by atoms with Gasteiger partial charge in [-0.25, -0.2) is 0 Å².